The lowest BCUT2D eigenvalue weighted by Crippen LogP contribution is -2.33. The minimum atomic E-state index is -3.22. The van der Waals surface area contributed by atoms with Gasteiger partial charge in [-0.05, 0) is 36.4 Å². The minimum absolute atomic E-state index is 0. The van der Waals surface area contributed by atoms with Gasteiger partial charge in [-0.1, -0.05) is 0 Å². The fraction of sp³-hybridized carbons (Fsp3) is 0.111. The largest absolute Gasteiger partial charge is 0.340 e. The van der Waals surface area contributed by atoms with Crippen LogP contribution >= 0.6 is 0 Å². The van der Waals surface area contributed by atoms with Gasteiger partial charge in [-0.2, -0.15) is 0 Å². The number of pyridine rings is 2. The number of aromatic nitrogens is 2. The average molecular weight is 384 g/mol. The lowest BCUT2D eigenvalue weighted by Gasteiger charge is -2.10. The first-order valence-electron chi connectivity index (χ1n) is 8.19. The maximum absolute atomic E-state index is 11.6. The normalized spacial score (nSPS) is 14.1. The molecule has 0 fully saturated rings. The number of nitrogens with one attached hydrogen (secondary N) is 3. The van der Waals surface area contributed by atoms with Gasteiger partial charge in [0.2, 0.25) is 0 Å². The van der Waals surface area contributed by atoms with Gasteiger partial charge in [-0.15, -0.1) is 5.53 Å². The van der Waals surface area contributed by atoms with Gasteiger partial charge >= 0.3 is 0 Å². The van der Waals surface area contributed by atoms with E-state index in [-0.39, 0.29) is 6.32 Å². The van der Waals surface area contributed by atoms with Crippen LogP contribution in [-0.4, -0.2) is 36.7 Å². The Labute approximate surface area is 158 Å². The molecule has 27 heavy (non-hydrogen) atoms. The van der Waals surface area contributed by atoms with Gasteiger partial charge in [-0.25, -0.2) is 13.4 Å². The van der Waals surface area contributed by atoms with Crippen molar-refractivity contribution in [3.05, 3.63) is 60.7 Å². The van der Waals surface area contributed by atoms with Crippen molar-refractivity contribution in [1.29, 1.82) is 0 Å². The highest BCUT2D eigenvalue weighted by Crippen LogP contribution is 2.26. The molecular formula is C18H20N6O2S. The van der Waals surface area contributed by atoms with Crippen molar-refractivity contribution in [3.8, 4) is 0 Å². The highest BCUT2D eigenvalue weighted by Gasteiger charge is 2.14. The van der Waals surface area contributed by atoms with Crippen LogP contribution in [0.4, 0.5) is 11.5 Å². The quantitative estimate of drug-likeness (QED) is 0.630. The SMILES string of the molecule is CN1C=C(c2nccc3cnc(Nc4ccc(S(C)(=O)=O)cc4)cc23)NN1.[HH]. The third-order valence-electron chi connectivity index (χ3n) is 4.15. The van der Waals surface area contributed by atoms with Crippen molar-refractivity contribution in [3.63, 3.8) is 0 Å². The molecule has 0 unspecified atom stereocenters. The Morgan fingerprint density at radius 1 is 1.15 bits per heavy atom. The molecule has 8 nitrogen and oxygen atoms in total. The molecule has 4 rings (SSSR count). The zero-order valence-electron chi connectivity index (χ0n) is 14.8. The van der Waals surface area contributed by atoms with Crippen LogP contribution in [0, 0.1) is 0 Å². The van der Waals surface area contributed by atoms with Crippen molar-refractivity contribution in [2.24, 2.45) is 0 Å². The first-order chi connectivity index (χ1) is 12.9. The number of hydrazine groups is 2. The summed E-state index contributed by atoms with van der Waals surface area (Å²) in [5.74, 6) is 0.642. The van der Waals surface area contributed by atoms with Crippen LogP contribution in [0.3, 0.4) is 0 Å². The van der Waals surface area contributed by atoms with Crippen LogP contribution < -0.4 is 16.3 Å². The number of anilines is 2. The standard InChI is InChI=1S/C18H18N6O2S.H2/c1-24-11-16(22-23-24)18-15-9-17(20-10-12(15)7-8-19-18)21-13-3-5-14(6-4-13)27(2,25)26;/h3-11,22-23H,1-2H3,(H,20,21);1H. The second kappa shape index (κ2) is 6.53. The van der Waals surface area contributed by atoms with Crippen molar-refractivity contribution < 1.29 is 9.84 Å². The molecule has 2 aromatic heterocycles. The van der Waals surface area contributed by atoms with Gasteiger partial charge in [0.1, 0.15) is 5.82 Å². The predicted molar refractivity (Wildman–Crippen MR) is 106 cm³/mol. The molecule has 0 atom stereocenters. The molecule has 1 aromatic carbocycles. The monoisotopic (exact) mass is 384 g/mol. The average Bonchev–Trinajstić information content (AvgIpc) is 3.07. The molecular weight excluding hydrogens is 364 g/mol. The van der Waals surface area contributed by atoms with E-state index in [9.17, 15) is 8.42 Å². The summed E-state index contributed by atoms with van der Waals surface area (Å²) in [6, 6.07) is 10.4. The number of nitrogens with zero attached hydrogens (tertiary/aromatic N) is 3. The number of sulfone groups is 1. The topological polar surface area (TPSA) is 99.2 Å². The summed E-state index contributed by atoms with van der Waals surface area (Å²) in [6.45, 7) is 0. The zero-order valence-corrected chi connectivity index (χ0v) is 15.6. The van der Waals surface area contributed by atoms with Gasteiger partial charge in [0.05, 0.1) is 16.3 Å². The maximum atomic E-state index is 11.6. The van der Waals surface area contributed by atoms with E-state index in [0.717, 1.165) is 27.9 Å². The Hall–Kier alpha value is -3.17. The molecule has 1 aliphatic rings. The number of fused-ring (bicyclic) bond motifs is 1. The predicted octanol–water partition coefficient (Wildman–Crippen LogP) is 2.28. The third-order valence-corrected chi connectivity index (χ3v) is 5.28. The molecule has 140 valence electrons. The van der Waals surface area contributed by atoms with Gasteiger partial charge in [0, 0.05) is 49.8 Å². The van der Waals surface area contributed by atoms with Crippen LogP contribution in [-0.2, 0) is 9.84 Å². The Morgan fingerprint density at radius 2 is 1.93 bits per heavy atom. The second-order valence-electron chi connectivity index (χ2n) is 6.26. The van der Waals surface area contributed by atoms with Gasteiger partial charge < -0.3 is 10.7 Å². The number of rotatable bonds is 4. The van der Waals surface area contributed by atoms with Crippen LogP contribution in [0.5, 0.6) is 0 Å². The maximum Gasteiger partial charge on any atom is 0.175 e. The minimum Gasteiger partial charge on any atom is -0.340 e. The number of hydrogen-bond donors (Lipinski definition) is 3. The van der Waals surface area contributed by atoms with Crippen molar-refractivity contribution in [1.82, 2.24) is 25.9 Å². The summed E-state index contributed by atoms with van der Waals surface area (Å²) in [7, 11) is -1.33. The highest BCUT2D eigenvalue weighted by molar-refractivity contribution is 7.90. The molecule has 0 spiro atoms. The van der Waals surface area contributed by atoms with E-state index in [1.54, 1.807) is 41.7 Å². The number of hydrogen-bond acceptors (Lipinski definition) is 8. The summed E-state index contributed by atoms with van der Waals surface area (Å²) < 4.78 is 23.2. The van der Waals surface area contributed by atoms with E-state index >= 15 is 0 Å². The van der Waals surface area contributed by atoms with Crippen LogP contribution in [0.2, 0.25) is 0 Å². The molecule has 3 N–H and O–H groups in total. The van der Waals surface area contributed by atoms with E-state index in [2.05, 4.69) is 26.2 Å². The molecule has 0 saturated heterocycles. The van der Waals surface area contributed by atoms with E-state index in [1.807, 2.05) is 25.4 Å². The summed E-state index contributed by atoms with van der Waals surface area (Å²) in [5.41, 5.74) is 8.47. The highest BCUT2D eigenvalue weighted by atomic mass is 32.2. The van der Waals surface area contributed by atoms with Gasteiger partial charge in [0.25, 0.3) is 0 Å². The van der Waals surface area contributed by atoms with E-state index < -0.39 is 9.84 Å². The molecule has 0 amide bonds. The lowest BCUT2D eigenvalue weighted by molar-refractivity contribution is 0.330. The van der Waals surface area contributed by atoms with Crippen molar-refractivity contribution in [2.45, 2.75) is 4.90 Å². The molecule has 3 aromatic rings. The Balaban J connectivity index is 0.00000225. The zero-order chi connectivity index (χ0) is 19.0. The first kappa shape index (κ1) is 17.3. The Bertz CT molecular complexity index is 1150. The van der Waals surface area contributed by atoms with Gasteiger partial charge in [-0.3, -0.25) is 9.99 Å². The van der Waals surface area contributed by atoms with E-state index in [1.165, 1.54) is 6.26 Å². The summed E-state index contributed by atoms with van der Waals surface area (Å²) >= 11 is 0. The fourth-order valence-electron chi connectivity index (χ4n) is 2.81. The van der Waals surface area contributed by atoms with E-state index in [4.69, 9.17) is 0 Å². The van der Waals surface area contributed by atoms with Crippen LogP contribution in [0.15, 0.2) is 59.9 Å². The Kier molecular flexibility index (Phi) is 4.17. The molecule has 0 saturated carbocycles. The smallest absolute Gasteiger partial charge is 0.175 e. The van der Waals surface area contributed by atoms with Gasteiger partial charge in [0.15, 0.2) is 9.84 Å². The summed E-state index contributed by atoms with van der Waals surface area (Å²) in [6.07, 6.45) is 6.63. The lowest BCUT2D eigenvalue weighted by atomic mass is 10.1. The van der Waals surface area contributed by atoms with Crippen LogP contribution in [0.1, 0.15) is 7.12 Å². The molecule has 0 bridgehead atoms. The summed E-state index contributed by atoms with van der Waals surface area (Å²) in [5, 5.41) is 6.92. The second-order valence-corrected chi connectivity index (χ2v) is 8.28. The fourth-order valence-corrected chi connectivity index (χ4v) is 3.44. The van der Waals surface area contributed by atoms with Crippen molar-refractivity contribution >= 4 is 37.8 Å². The number of benzene rings is 1. The summed E-state index contributed by atoms with van der Waals surface area (Å²) in [4.78, 5) is 9.20. The van der Waals surface area contributed by atoms with Crippen molar-refractivity contribution in [2.75, 3.05) is 18.6 Å². The third kappa shape index (κ3) is 3.55. The molecule has 0 aliphatic carbocycles. The molecule has 9 heteroatoms. The molecule has 0 radical (unpaired) electrons. The Morgan fingerprint density at radius 3 is 2.59 bits per heavy atom. The van der Waals surface area contributed by atoms with Crippen LogP contribution in [0.25, 0.3) is 16.5 Å². The van der Waals surface area contributed by atoms with E-state index in [0.29, 0.717) is 5.82 Å². The molecule has 3 heterocycles. The first-order valence-corrected chi connectivity index (χ1v) is 10.1. The molecule has 1 aliphatic heterocycles.